The summed E-state index contributed by atoms with van der Waals surface area (Å²) < 4.78 is 0. The summed E-state index contributed by atoms with van der Waals surface area (Å²) >= 11 is 0. The standard InChI is InChI=1S/C20H26N4O/c1-4-24(18-9-5-7-15(2)13-18)20(25)17-8-6-12-23(14-17)19-11-10-16(3)21-22-19/h5,7,9-11,13,17H,4,6,8,12,14H2,1-3H3. The highest BCUT2D eigenvalue weighted by atomic mass is 16.2. The minimum absolute atomic E-state index is 0.00249. The smallest absolute Gasteiger partial charge is 0.231 e. The van der Waals surface area contributed by atoms with E-state index in [4.69, 9.17) is 0 Å². The number of aromatic nitrogens is 2. The molecule has 132 valence electrons. The molecule has 1 fully saturated rings. The van der Waals surface area contributed by atoms with Gasteiger partial charge in [0.1, 0.15) is 0 Å². The average Bonchev–Trinajstić information content (AvgIpc) is 2.63. The number of aryl methyl sites for hydroxylation is 2. The fourth-order valence-corrected chi connectivity index (χ4v) is 3.43. The van der Waals surface area contributed by atoms with Gasteiger partial charge in [0.05, 0.1) is 11.6 Å². The molecule has 1 aromatic heterocycles. The Hall–Kier alpha value is -2.43. The van der Waals surface area contributed by atoms with Crippen molar-refractivity contribution in [3.05, 3.63) is 47.7 Å². The lowest BCUT2D eigenvalue weighted by Gasteiger charge is -2.35. The second-order valence-electron chi connectivity index (χ2n) is 6.74. The second-order valence-corrected chi connectivity index (χ2v) is 6.74. The number of anilines is 2. The van der Waals surface area contributed by atoms with E-state index in [1.807, 2.05) is 43.0 Å². The van der Waals surface area contributed by atoms with E-state index in [1.165, 1.54) is 5.56 Å². The van der Waals surface area contributed by atoms with E-state index in [0.29, 0.717) is 13.1 Å². The maximum atomic E-state index is 13.1. The number of carbonyl (C=O) groups excluding carboxylic acids is 1. The van der Waals surface area contributed by atoms with Crippen molar-refractivity contribution < 1.29 is 4.79 Å². The summed E-state index contributed by atoms with van der Waals surface area (Å²) in [6.45, 7) is 8.34. The minimum atomic E-state index is -0.00249. The van der Waals surface area contributed by atoms with Crippen LogP contribution >= 0.6 is 0 Å². The molecule has 0 saturated carbocycles. The molecule has 1 atom stereocenters. The van der Waals surface area contributed by atoms with Crippen LogP contribution in [0, 0.1) is 19.8 Å². The van der Waals surface area contributed by atoms with Gasteiger partial charge in [-0.15, -0.1) is 5.10 Å². The van der Waals surface area contributed by atoms with Crippen LogP contribution in [0.1, 0.15) is 31.0 Å². The first kappa shape index (κ1) is 17.4. The van der Waals surface area contributed by atoms with Crippen LogP contribution in [0.2, 0.25) is 0 Å². The van der Waals surface area contributed by atoms with E-state index in [-0.39, 0.29) is 11.8 Å². The van der Waals surface area contributed by atoms with Crippen LogP contribution in [0.4, 0.5) is 11.5 Å². The molecule has 0 N–H and O–H groups in total. The molecule has 2 aromatic rings. The number of piperidine rings is 1. The van der Waals surface area contributed by atoms with Crippen molar-refractivity contribution >= 4 is 17.4 Å². The first-order valence-corrected chi connectivity index (χ1v) is 9.02. The van der Waals surface area contributed by atoms with Crippen LogP contribution < -0.4 is 9.80 Å². The summed E-state index contributed by atoms with van der Waals surface area (Å²) in [5, 5.41) is 8.43. The average molecular weight is 338 g/mol. The number of hydrogen-bond donors (Lipinski definition) is 0. The summed E-state index contributed by atoms with van der Waals surface area (Å²) in [5.74, 6) is 1.07. The number of hydrogen-bond acceptors (Lipinski definition) is 4. The van der Waals surface area contributed by atoms with Gasteiger partial charge in [0.2, 0.25) is 5.91 Å². The highest BCUT2D eigenvalue weighted by Gasteiger charge is 2.30. The van der Waals surface area contributed by atoms with E-state index < -0.39 is 0 Å². The van der Waals surface area contributed by atoms with E-state index in [0.717, 1.165) is 36.6 Å². The van der Waals surface area contributed by atoms with E-state index in [9.17, 15) is 4.79 Å². The summed E-state index contributed by atoms with van der Waals surface area (Å²) in [7, 11) is 0. The summed E-state index contributed by atoms with van der Waals surface area (Å²) in [6.07, 6.45) is 1.92. The zero-order valence-electron chi connectivity index (χ0n) is 15.3. The molecule has 0 bridgehead atoms. The van der Waals surface area contributed by atoms with Gasteiger partial charge in [0.25, 0.3) is 0 Å². The molecule has 1 saturated heterocycles. The lowest BCUT2D eigenvalue weighted by atomic mass is 9.96. The maximum Gasteiger partial charge on any atom is 0.231 e. The van der Waals surface area contributed by atoms with Crippen molar-refractivity contribution in [2.24, 2.45) is 5.92 Å². The summed E-state index contributed by atoms with van der Waals surface area (Å²) in [6, 6.07) is 12.1. The number of carbonyl (C=O) groups is 1. The molecule has 1 amide bonds. The monoisotopic (exact) mass is 338 g/mol. The normalized spacial score (nSPS) is 17.4. The Morgan fingerprint density at radius 1 is 1.24 bits per heavy atom. The third kappa shape index (κ3) is 3.98. The fourth-order valence-electron chi connectivity index (χ4n) is 3.43. The predicted molar refractivity (Wildman–Crippen MR) is 101 cm³/mol. The molecule has 1 aliphatic heterocycles. The molecule has 5 nitrogen and oxygen atoms in total. The van der Waals surface area contributed by atoms with Gasteiger partial charge in [-0.05, 0) is 63.4 Å². The highest BCUT2D eigenvalue weighted by molar-refractivity contribution is 5.95. The molecule has 2 heterocycles. The zero-order chi connectivity index (χ0) is 17.8. The molecule has 0 spiro atoms. The Morgan fingerprint density at radius 2 is 2.08 bits per heavy atom. The quantitative estimate of drug-likeness (QED) is 0.858. The zero-order valence-corrected chi connectivity index (χ0v) is 15.3. The van der Waals surface area contributed by atoms with E-state index >= 15 is 0 Å². The number of nitrogens with zero attached hydrogens (tertiary/aromatic N) is 4. The molecule has 0 radical (unpaired) electrons. The molecular weight excluding hydrogens is 312 g/mol. The SMILES string of the molecule is CCN(C(=O)C1CCCN(c2ccc(C)nn2)C1)c1cccc(C)c1. The van der Waals surface area contributed by atoms with Gasteiger partial charge < -0.3 is 9.80 Å². The van der Waals surface area contributed by atoms with Crippen molar-refractivity contribution in [1.29, 1.82) is 0 Å². The predicted octanol–water partition coefficient (Wildman–Crippen LogP) is 3.36. The van der Waals surface area contributed by atoms with Crippen molar-refractivity contribution in [2.45, 2.75) is 33.6 Å². The largest absolute Gasteiger partial charge is 0.354 e. The highest BCUT2D eigenvalue weighted by Crippen LogP contribution is 2.25. The maximum absolute atomic E-state index is 13.1. The number of amides is 1. The third-order valence-corrected chi connectivity index (χ3v) is 4.77. The Labute approximate surface area is 149 Å². The minimum Gasteiger partial charge on any atom is -0.354 e. The van der Waals surface area contributed by atoms with Gasteiger partial charge >= 0.3 is 0 Å². The van der Waals surface area contributed by atoms with Crippen molar-refractivity contribution in [3.63, 3.8) is 0 Å². The lowest BCUT2D eigenvalue weighted by molar-refractivity contribution is -0.122. The van der Waals surface area contributed by atoms with Gasteiger partial charge in [-0.25, -0.2) is 0 Å². The van der Waals surface area contributed by atoms with Gasteiger partial charge in [-0.2, -0.15) is 5.10 Å². The second kappa shape index (κ2) is 7.64. The van der Waals surface area contributed by atoms with Crippen LogP contribution in [-0.2, 0) is 4.79 Å². The summed E-state index contributed by atoms with van der Waals surface area (Å²) in [5.41, 5.74) is 3.06. The van der Waals surface area contributed by atoms with Crippen molar-refractivity contribution in [3.8, 4) is 0 Å². The molecule has 25 heavy (non-hydrogen) atoms. The first-order chi connectivity index (χ1) is 12.1. The molecule has 1 aliphatic rings. The van der Waals surface area contributed by atoms with Crippen LogP contribution in [0.15, 0.2) is 36.4 Å². The molecule has 5 heteroatoms. The Morgan fingerprint density at radius 3 is 2.76 bits per heavy atom. The summed E-state index contributed by atoms with van der Waals surface area (Å²) in [4.78, 5) is 17.2. The van der Waals surface area contributed by atoms with Crippen LogP contribution in [0.5, 0.6) is 0 Å². The molecule has 3 rings (SSSR count). The van der Waals surface area contributed by atoms with Gasteiger partial charge in [0.15, 0.2) is 5.82 Å². The van der Waals surface area contributed by atoms with Gasteiger partial charge in [-0.3, -0.25) is 4.79 Å². The lowest BCUT2D eigenvalue weighted by Crippen LogP contribution is -2.45. The third-order valence-electron chi connectivity index (χ3n) is 4.77. The van der Waals surface area contributed by atoms with Crippen molar-refractivity contribution in [1.82, 2.24) is 10.2 Å². The van der Waals surface area contributed by atoms with E-state index in [2.05, 4.69) is 34.2 Å². The Balaban J connectivity index is 1.75. The molecule has 0 aliphatic carbocycles. The van der Waals surface area contributed by atoms with Crippen LogP contribution in [0.25, 0.3) is 0 Å². The number of rotatable bonds is 4. The Kier molecular flexibility index (Phi) is 5.31. The van der Waals surface area contributed by atoms with Gasteiger partial charge in [-0.1, -0.05) is 12.1 Å². The fraction of sp³-hybridized carbons (Fsp3) is 0.450. The van der Waals surface area contributed by atoms with E-state index in [1.54, 1.807) is 0 Å². The molecule has 1 unspecified atom stereocenters. The van der Waals surface area contributed by atoms with Crippen LogP contribution in [0.3, 0.4) is 0 Å². The van der Waals surface area contributed by atoms with Gasteiger partial charge in [0, 0.05) is 25.3 Å². The topological polar surface area (TPSA) is 49.3 Å². The Bertz CT molecular complexity index is 729. The molecular formula is C20H26N4O. The first-order valence-electron chi connectivity index (χ1n) is 9.02. The number of benzene rings is 1. The van der Waals surface area contributed by atoms with Crippen LogP contribution in [-0.4, -0.2) is 35.7 Å². The van der Waals surface area contributed by atoms with Crippen molar-refractivity contribution in [2.75, 3.05) is 29.4 Å². The molecule has 1 aromatic carbocycles.